The van der Waals surface area contributed by atoms with Crippen LogP contribution in [0.15, 0.2) is 29.2 Å². The first-order chi connectivity index (χ1) is 10.4. The van der Waals surface area contributed by atoms with Crippen LogP contribution in [-0.2, 0) is 15.6 Å². The van der Waals surface area contributed by atoms with E-state index < -0.39 is 46.6 Å². The van der Waals surface area contributed by atoms with Gasteiger partial charge in [-0.15, -0.1) is 0 Å². The van der Waals surface area contributed by atoms with E-state index >= 15 is 0 Å². The zero-order chi connectivity index (χ0) is 18.0. The third-order valence-electron chi connectivity index (χ3n) is 3.01. The molecule has 4 nitrogen and oxygen atoms in total. The fourth-order valence-corrected chi connectivity index (χ4v) is 3.18. The van der Waals surface area contributed by atoms with Crippen molar-refractivity contribution in [3.63, 3.8) is 0 Å². The highest BCUT2D eigenvalue weighted by molar-refractivity contribution is 7.85. The molecular weight excluding hydrogens is 347 g/mol. The average Bonchev–Trinajstić information content (AvgIpc) is 2.42. The number of carboxylic acids is 1. The second-order valence-electron chi connectivity index (χ2n) is 4.81. The van der Waals surface area contributed by atoms with Crippen molar-refractivity contribution >= 4 is 16.8 Å². The summed E-state index contributed by atoms with van der Waals surface area (Å²) in [6.45, 7) is 1.66. The number of rotatable bonds is 6. The molecule has 0 radical (unpaired) electrons. The van der Waals surface area contributed by atoms with E-state index in [4.69, 9.17) is 5.11 Å². The summed E-state index contributed by atoms with van der Waals surface area (Å²) in [4.78, 5) is 10.6. The van der Waals surface area contributed by atoms with Gasteiger partial charge in [-0.2, -0.15) is 22.0 Å². The van der Waals surface area contributed by atoms with E-state index in [-0.39, 0.29) is 4.90 Å². The number of hydrogen-bond donors (Lipinski definition) is 2. The van der Waals surface area contributed by atoms with E-state index in [2.05, 4.69) is 0 Å². The van der Waals surface area contributed by atoms with Gasteiger partial charge in [-0.3, -0.25) is 9.00 Å². The van der Waals surface area contributed by atoms with E-state index in [0.717, 1.165) is 0 Å². The Labute approximate surface area is 130 Å². The minimum absolute atomic E-state index is 0.154. The van der Waals surface area contributed by atoms with Crippen LogP contribution in [0.1, 0.15) is 12.0 Å². The Morgan fingerprint density at radius 1 is 1.17 bits per heavy atom. The number of carboxylic acid groups (broad SMARTS) is 1. The molecule has 0 spiro atoms. The summed E-state index contributed by atoms with van der Waals surface area (Å²) in [5.41, 5.74) is 0.710. The minimum atomic E-state index is -6.10. The normalized spacial score (nSPS) is 16.7. The molecule has 3 atom stereocenters. The van der Waals surface area contributed by atoms with Crippen LogP contribution >= 0.6 is 0 Å². The standard InChI is InChI=1S/C13H13F5O4S/c1-7-2-4-8(5-3-7)23(22)9(6-10(19)20)11(21)12(14,15)13(16,17)18/h2-5,9,11,21H,6H2,1H3,(H,19,20)/t9-,11+,23+/m0/s1. The molecule has 0 saturated heterocycles. The lowest BCUT2D eigenvalue weighted by Gasteiger charge is -2.29. The SMILES string of the molecule is Cc1ccc([S@@](=O)[C@@H](CC(=O)O)[C@@H](O)C(F)(F)C(F)(F)F)cc1. The van der Waals surface area contributed by atoms with E-state index in [0.29, 0.717) is 5.56 Å². The van der Waals surface area contributed by atoms with Gasteiger partial charge in [0, 0.05) is 4.90 Å². The fraction of sp³-hybridized carbons (Fsp3) is 0.462. The number of carbonyl (C=O) groups is 1. The summed E-state index contributed by atoms with van der Waals surface area (Å²) in [6, 6.07) is 5.27. The van der Waals surface area contributed by atoms with Crippen LogP contribution in [-0.4, -0.2) is 43.8 Å². The van der Waals surface area contributed by atoms with Crippen molar-refractivity contribution in [1.29, 1.82) is 0 Å². The molecule has 0 amide bonds. The van der Waals surface area contributed by atoms with E-state index in [1.54, 1.807) is 6.92 Å². The number of hydrogen-bond acceptors (Lipinski definition) is 3. The van der Waals surface area contributed by atoms with Crippen LogP contribution in [0.2, 0.25) is 0 Å². The number of aliphatic hydroxyl groups excluding tert-OH is 1. The van der Waals surface area contributed by atoms with Crippen molar-refractivity contribution < 1.29 is 41.2 Å². The number of benzene rings is 1. The zero-order valence-electron chi connectivity index (χ0n) is 11.7. The highest BCUT2D eigenvalue weighted by Crippen LogP contribution is 2.41. The molecule has 23 heavy (non-hydrogen) atoms. The Hall–Kier alpha value is -1.55. The summed E-state index contributed by atoms with van der Waals surface area (Å²) >= 11 is 0. The van der Waals surface area contributed by atoms with Crippen LogP contribution < -0.4 is 0 Å². The van der Waals surface area contributed by atoms with Gasteiger partial charge in [-0.05, 0) is 19.1 Å². The molecule has 0 aliphatic carbocycles. The number of aryl methyl sites for hydroxylation is 1. The minimum Gasteiger partial charge on any atom is -0.481 e. The fourth-order valence-electron chi connectivity index (χ4n) is 1.72. The topological polar surface area (TPSA) is 74.6 Å². The quantitative estimate of drug-likeness (QED) is 0.765. The molecule has 10 heteroatoms. The summed E-state index contributed by atoms with van der Waals surface area (Å²) in [7, 11) is -2.57. The Morgan fingerprint density at radius 2 is 1.65 bits per heavy atom. The monoisotopic (exact) mass is 360 g/mol. The predicted octanol–water partition coefficient (Wildman–Crippen LogP) is 2.50. The Bertz CT molecular complexity index is 585. The lowest BCUT2D eigenvalue weighted by molar-refractivity contribution is -0.312. The van der Waals surface area contributed by atoms with Gasteiger partial charge in [0.25, 0.3) is 0 Å². The zero-order valence-corrected chi connectivity index (χ0v) is 12.5. The summed E-state index contributed by atoms with van der Waals surface area (Å²) < 4.78 is 75.8. The summed E-state index contributed by atoms with van der Waals surface area (Å²) in [6.07, 6.45) is -10.9. The molecule has 0 unspecified atom stereocenters. The molecule has 0 saturated carbocycles. The van der Waals surface area contributed by atoms with Gasteiger partial charge in [-0.1, -0.05) is 17.7 Å². The van der Waals surface area contributed by atoms with Gasteiger partial charge in [0.05, 0.1) is 22.5 Å². The first kappa shape index (κ1) is 19.5. The molecule has 0 heterocycles. The van der Waals surface area contributed by atoms with E-state index in [9.17, 15) is 36.1 Å². The first-order valence-electron chi connectivity index (χ1n) is 6.19. The van der Waals surface area contributed by atoms with Gasteiger partial charge in [0.1, 0.15) is 6.10 Å². The van der Waals surface area contributed by atoms with Gasteiger partial charge >= 0.3 is 18.1 Å². The molecule has 0 aliphatic rings. The van der Waals surface area contributed by atoms with Crippen molar-refractivity contribution in [2.24, 2.45) is 0 Å². The summed E-state index contributed by atoms with van der Waals surface area (Å²) in [5, 5.41) is 15.7. The second kappa shape index (κ2) is 6.91. The van der Waals surface area contributed by atoms with Gasteiger partial charge in [0.15, 0.2) is 0 Å². The molecule has 1 aromatic carbocycles. The lowest BCUT2D eigenvalue weighted by atomic mass is 10.1. The van der Waals surface area contributed by atoms with Crippen LogP contribution in [0, 0.1) is 6.92 Å². The maximum absolute atomic E-state index is 13.3. The Kier molecular flexibility index (Phi) is 5.86. The molecule has 1 aromatic rings. The van der Waals surface area contributed by atoms with Crippen molar-refractivity contribution in [2.75, 3.05) is 0 Å². The van der Waals surface area contributed by atoms with E-state index in [1.807, 2.05) is 0 Å². The Balaban J connectivity index is 3.21. The Morgan fingerprint density at radius 3 is 2.04 bits per heavy atom. The first-order valence-corrected chi connectivity index (χ1v) is 7.41. The average molecular weight is 360 g/mol. The number of aliphatic carboxylic acids is 1. The second-order valence-corrected chi connectivity index (χ2v) is 6.48. The van der Waals surface area contributed by atoms with Crippen molar-refractivity contribution in [1.82, 2.24) is 0 Å². The smallest absolute Gasteiger partial charge is 0.456 e. The molecular formula is C13H13F5O4S. The van der Waals surface area contributed by atoms with Crippen molar-refractivity contribution in [3.05, 3.63) is 29.8 Å². The van der Waals surface area contributed by atoms with Gasteiger partial charge in [-0.25, -0.2) is 0 Å². The molecule has 0 aliphatic heterocycles. The number of aliphatic hydroxyl groups is 1. The molecule has 0 fully saturated rings. The van der Waals surface area contributed by atoms with Gasteiger partial charge < -0.3 is 10.2 Å². The summed E-state index contributed by atoms with van der Waals surface area (Å²) in [5.74, 6) is -7.35. The lowest BCUT2D eigenvalue weighted by Crippen LogP contribution is -2.53. The maximum atomic E-state index is 13.3. The predicted molar refractivity (Wildman–Crippen MR) is 70.6 cm³/mol. The largest absolute Gasteiger partial charge is 0.481 e. The van der Waals surface area contributed by atoms with Crippen LogP contribution in [0.3, 0.4) is 0 Å². The van der Waals surface area contributed by atoms with Crippen LogP contribution in [0.4, 0.5) is 22.0 Å². The highest BCUT2D eigenvalue weighted by Gasteiger charge is 2.64. The van der Waals surface area contributed by atoms with Crippen LogP contribution in [0.25, 0.3) is 0 Å². The van der Waals surface area contributed by atoms with Crippen LogP contribution in [0.5, 0.6) is 0 Å². The molecule has 1 rings (SSSR count). The number of halogens is 5. The third kappa shape index (κ3) is 4.47. The number of alkyl halides is 5. The van der Waals surface area contributed by atoms with Gasteiger partial charge in [0.2, 0.25) is 0 Å². The molecule has 0 aromatic heterocycles. The van der Waals surface area contributed by atoms with E-state index in [1.165, 1.54) is 24.3 Å². The maximum Gasteiger partial charge on any atom is 0.456 e. The van der Waals surface area contributed by atoms with Crippen molar-refractivity contribution in [3.8, 4) is 0 Å². The van der Waals surface area contributed by atoms with Crippen molar-refractivity contribution in [2.45, 2.75) is 41.7 Å². The third-order valence-corrected chi connectivity index (χ3v) is 4.72. The highest BCUT2D eigenvalue weighted by atomic mass is 32.2. The molecule has 2 N–H and O–H groups in total. The molecule has 130 valence electrons. The molecule has 0 bridgehead atoms.